The van der Waals surface area contributed by atoms with Gasteiger partial charge in [0.25, 0.3) is 0 Å². The quantitative estimate of drug-likeness (QED) is 0.834. The van der Waals surface area contributed by atoms with Crippen LogP contribution in [0.4, 0.5) is 4.39 Å². The molecule has 1 atom stereocenters. The Balaban J connectivity index is 2.17. The molecular formula is C14H17ClFNO. The van der Waals surface area contributed by atoms with E-state index in [-0.39, 0.29) is 23.6 Å². The van der Waals surface area contributed by atoms with E-state index in [4.69, 9.17) is 11.6 Å². The first-order valence-electron chi connectivity index (χ1n) is 6.31. The minimum atomic E-state index is -0.257. The third-order valence-corrected chi connectivity index (χ3v) is 3.78. The number of hydrogen-bond acceptors (Lipinski definition) is 1. The van der Waals surface area contributed by atoms with Crippen molar-refractivity contribution in [3.63, 3.8) is 0 Å². The Hall–Kier alpha value is -1.09. The molecule has 1 amide bonds. The van der Waals surface area contributed by atoms with Crippen molar-refractivity contribution in [2.45, 2.75) is 31.7 Å². The van der Waals surface area contributed by atoms with Gasteiger partial charge < -0.3 is 5.32 Å². The van der Waals surface area contributed by atoms with Crippen LogP contribution in [0.25, 0.3) is 0 Å². The molecule has 1 aliphatic rings. The molecule has 18 heavy (non-hydrogen) atoms. The van der Waals surface area contributed by atoms with Gasteiger partial charge in [0.2, 0.25) is 5.91 Å². The second kappa shape index (κ2) is 6.19. The lowest BCUT2D eigenvalue weighted by Gasteiger charge is -2.25. The first kappa shape index (κ1) is 13.3. The topological polar surface area (TPSA) is 29.1 Å². The fourth-order valence-electron chi connectivity index (χ4n) is 2.65. The number of hydrogen-bond donors (Lipinski definition) is 1. The van der Waals surface area contributed by atoms with Crippen LogP contribution in [-0.2, 0) is 4.79 Å². The largest absolute Gasteiger partial charge is 0.348 e. The van der Waals surface area contributed by atoms with Crippen molar-refractivity contribution in [3.8, 4) is 0 Å². The number of alkyl halides is 1. The van der Waals surface area contributed by atoms with Gasteiger partial charge in [0.1, 0.15) is 11.7 Å². The van der Waals surface area contributed by atoms with Gasteiger partial charge in [0, 0.05) is 0 Å². The molecule has 1 saturated carbocycles. The maximum Gasteiger partial charge on any atom is 0.235 e. The predicted octanol–water partition coefficient (Wildman–Crippen LogP) is 3.41. The summed E-state index contributed by atoms with van der Waals surface area (Å²) in [5.41, 5.74) is 0.960. The molecule has 4 heteroatoms. The summed E-state index contributed by atoms with van der Waals surface area (Å²) in [4.78, 5) is 11.5. The number of carbonyl (C=O) groups excluding carboxylic acids is 1. The second-order valence-corrected chi connectivity index (χ2v) is 5.04. The lowest BCUT2D eigenvalue weighted by molar-refractivity contribution is -0.119. The van der Waals surface area contributed by atoms with E-state index in [0.29, 0.717) is 5.92 Å². The summed E-state index contributed by atoms with van der Waals surface area (Å²) < 4.78 is 12.9. The molecule has 2 rings (SSSR count). The third kappa shape index (κ3) is 3.22. The van der Waals surface area contributed by atoms with E-state index in [0.717, 1.165) is 18.4 Å². The molecule has 1 N–H and O–H groups in total. The first-order chi connectivity index (χ1) is 8.70. The number of benzene rings is 1. The van der Waals surface area contributed by atoms with E-state index >= 15 is 0 Å². The Kier molecular flexibility index (Phi) is 4.59. The molecule has 1 aromatic rings. The van der Waals surface area contributed by atoms with Crippen molar-refractivity contribution in [1.29, 1.82) is 0 Å². The molecule has 1 aliphatic carbocycles. The minimum absolute atomic E-state index is 0.0373. The van der Waals surface area contributed by atoms with Crippen LogP contribution in [0.3, 0.4) is 0 Å². The van der Waals surface area contributed by atoms with Crippen molar-refractivity contribution in [1.82, 2.24) is 5.32 Å². The van der Waals surface area contributed by atoms with Crippen molar-refractivity contribution in [2.75, 3.05) is 5.88 Å². The fraction of sp³-hybridized carbons (Fsp3) is 0.500. The number of carbonyl (C=O) groups is 1. The van der Waals surface area contributed by atoms with Gasteiger partial charge >= 0.3 is 0 Å². The zero-order chi connectivity index (χ0) is 13.0. The summed E-state index contributed by atoms with van der Waals surface area (Å²) in [6.45, 7) is 0. The Bertz CT molecular complexity index is 401. The highest BCUT2D eigenvalue weighted by Crippen LogP contribution is 2.35. The van der Waals surface area contributed by atoms with Crippen molar-refractivity contribution < 1.29 is 9.18 Å². The molecule has 0 spiro atoms. The summed E-state index contributed by atoms with van der Waals surface area (Å²) in [5, 5.41) is 2.95. The fourth-order valence-corrected chi connectivity index (χ4v) is 2.72. The van der Waals surface area contributed by atoms with Crippen molar-refractivity contribution in [2.24, 2.45) is 5.92 Å². The van der Waals surface area contributed by atoms with Crippen LogP contribution in [0.15, 0.2) is 24.3 Å². The molecular weight excluding hydrogens is 253 g/mol. The van der Waals surface area contributed by atoms with Crippen LogP contribution in [0.2, 0.25) is 0 Å². The molecule has 0 radical (unpaired) electrons. The average molecular weight is 270 g/mol. The van der Waals surface area contributed by atoms with Crippen LogP contribution in [0.1, 0.15) is 37.3 Å². The Morgan fingerprint density at radius 2 is 1.94 bits per heavy atom. The Labute approximate surface area is 112 Å². The maximum atomic E-state index is 12.9. The van der Waals surface area contributed by atoms with Gasteiger partial charge in [0.05, 0.1) is 6.04 Å². The number of rotatable bonds is 4. The molecule has 1 aromatic carbocycles. The zero-order valence-corrected chi connectivity index (χ0v) is 10.9. The number of amides is 1. The molecule has 0 heterocycles. The summed E-state index contributed by atoms with van der Waals surface area (Å²) in [6.07, 6.45) is 4.59. The first-order valence-corrected chi connectivity index (χ1v) is 6.85. The predicted molar refractivity (Wildman–Crippen MR) is 70.0 cm³/mol. The summed E-state index contributed by atoms with van der Waals surface area (Å²) in [5.74, 6) is -0.0298. The second-order valence-electron chi connectivity index (χ2n) is 4.77. The van der Waals surface area contributed by atoms with Crippen LogP contribution in [0, 0.1) is 11.7 Å². The summed E-state index contributed by atoms with van der Waals surface area (Å²) in [6, 6.07) is 6.31. The molecule has 0 aromatic heterocycles. The Morgan fingerprint density at radius 3 is 2.50 bits per heavy atom. The monoisotopic (exact) mass is 269 g/mol. The van der Waals surface area contributed by atoms with Gasteiger partial charge in [-0.1, -0.05) is 25.0 Å². The van der Waals surface area contributed by atoms with E-state index in [1.807, 2.05) is 0 Å². The average Bonchev–Trinajstić information content (AvgIpc) is 2.90. The van der Waals surface area contributed by atoms with Gasteiger partial charge in [-0.05, 0) is 36.5 Å². The van der Waals surface area contributed by atoms with Crippen LogP contribution in [0.5, 0.6) is 0 Å². The van der Waals surface area contributed by atoms with E-state index in [1.54, 1.807) is 12.1 Å². The highest BCUT2D eigenvalue weighted by molar-refractivity contribution is 6.27. The normalized spacial score (nSPS) is 17.7. The van der Waals surface area contributed by atoms with Gasteiger partial charge in [0.15, 0.2) is 0 Å². The van der Waals surface area contributed by atoms with Crippen molar-refractivity contribution in [3.05, 3.63) is 35.6 Å². The van der Waals surface area contributed by atoms with E-state index in [9.17, 15) is 9.18 Å². The highest BCUT2D eigenvalue weighted by atomic mass is 35.5. The smallest absolute Gasteiger partial charge is 0.235 e. The SMILES string of the molecule is O=C(CCl)NC(c1ccc(F)cc1)C1CCCC1. The third-order valence-electron chi connectivity index (χ3n) is 3.54. The molecule has 1 unspecified atom stereocenters. The van der Waals surface area contributed by atoms with Crippen LogP contribution < -0.4 is 5.32 Å². The maximum absolute atomic E-state index is 12.9. The summed E-state index contributed by atoms with van der Waals surface area (Å²) >= 11 is 5.54. The minimum Gasteiger partial charge on any atom is -0.348 e. The lowest BCUT2D eigenvalue weighted by Crippen LogP contribution is -2.33. The van der Waals surface area contributed by atoms with E-state index in [1.165, 1.54) is 25.0 Å². The lowest BCUT2D eigenvalue weighted by atomic mass is 9.91. The summed E-state index contributed by atoms with van der Waals surface area (Å²) in [7, 11) is 0. The molecule has 98 valence electrons. The van der Waals surface area contributed by atoms with Gasteiger partial charge in [-0.2, -0.15) is 0 Å². The van der Waals surface area contributed by atoms with Crippen molar-refractivity contribution >= 4 is 17.5 Å². The van der Waals surface area contributed by atoms with E-state index < -0.39 is 0 Å². The molecule has 2 nitrogen and oxygen atoms in total. The highest BCUT2D eigenvalue weighted by Gasteiger charge is 2.27. The van der Waals surface area contributed by atoms with Gasteiger partial charge in [-0.15, -0.1) is 11.6 Å². The molecule has 1 fully saturated rings. The van der Waals surface area contributed by atoms with Crippen LogP contribution >= 0.6 is 11.6 Å². The molecule has 0 bridgehead atoms. The molecule has 0 saturated heterocycles. The number of nitrogens with one attached hydrogen (secondary N) is 1. The zero-order valence-electron chi connectivity index (χ0n) is 10.2. The van der Waals surface area contributed by atoms with Gasteiger partial charge in [-0.3, -0.25) is 4.79 Å². The van der Waals surface area contributed by atoms with Crippen LogP contribution in [-0.4, -0.2) is 11.8 Å². The van der Waals surface area contributed by atoms with Gasteiger partial charge in [-0.25, -0.2) is 4.39 Å². The molecule has 0 aliphatic heterocycles. The Morgan fingerprint density at radius 1 is 1.33 bits per heavy atom. The number of halogens is 2. The van der Waals surface area contributed by atoms with E-state index in [2.05, 4.69) is 5.32 Å². The standard InChI is InChI=1S/C14H17ClFNO/c15-9-13(18)17-14(10-3-1-2-4-10)11-5-7-12(16)8-6-11/h5-8,10,14H,1-4,9H2,(H,17,18).